The van der Waals surface area contributed by atoms with Crippen LogP contribution in [0, 0.1) is 4.77 Å². The Hall–Kier alpha value is -2.06. The summed E-state index contributed by atoms with van der Waals surface area (Å²) >= 11 is 5.30. The molecule has 6 nitrogen and oxygen atoms in total. The van der Waals surface area contributed by atoms with Gasteiger partial charge in [-0.15, -0.1) is 12.4 Å². The van der Waals surface area contributed by atoms with Crippen molar-refractivity contribution < 1.29 is 4.74 Å². The number of hydrogen-bond acceptors (Lipinski definition) is 5. The van der Waals surface area contributed by atoms with Crippen LogP contribution in [-0.2, 0) is 12.8 Å². The van der Waals surface area contributed by atoms with Crippen molar-refractivity contribution in [1.82, 2.24) is 19.8 Å². The molecule has 190 valence electrons. The molecule has 0 saturated carbocycles. The quantitative estimate of drug-likeness (QED) is 0.411. The zero-order chi connectivity index (χ0) is 23.5. The molecule has 2 aromatic carbocycles. The van der Waals surface area contributed by atoms with Gasteiger partial charge in [-0.3, -0.25) is 9.80 Å². The number of aromatic nitrogens is 2. The maximum Gasteiger partial charge on any atom is 0.175 e. The van der Waals surface area contributed by atoms with E-state index in [1.807, 2.05) is 6.07 Å². The highest BCUT2D eigenvalue weighted by Crippen LogP contribution is 2.29. The van der Waals surface area contributed by atoms with Gasteiger partial charge in [0.05, 0.1) is 23.8 Å². The van der Waals surface area contributed by atoms with E-state index in [1.54, 1.807) is 7.11 Å². The number of piperazine rings is 1. The maximum absolute atomic E-state index is 5.58. The molecule has 2 heterocycles. The number of nitrogens with zero attached hydrogens (tertiary/aromatic N) is 3. The molecule has 3 aromatic rings. The number of aromatic amines is 2. The standard InChI is InChI=1S/C27H37N5OS.ClH/c1-3-10-31(22-9-8-20-18-23-24(19-21(20)17-22)29-27(34)28-23)14-11-30-12-15-32(16-13-30)25-6-4-5-7-26(25)33-2;/h4-7,18-19,22H,3,8-17H2,1-2H3,(H2,28,29,34);1H. The Morgan fingerprint density at radius 1 is 1.03 bits per heavy atom. The predicted molar refractivity (Wildman–Crippen MR) is 150 cm³/mol. The molecule has 1 aliphatic heterocycles. The minimum atomic E-state index is 0. The minimum Gasteiger partial charge on any atom is -0.495 e. The van der Waals surface area contributed by atoms with Gasteiger partial charge in [0.25, 0.3) is 0 Å². The number of halogens is 1. The van der Waals surface area contributed by atoms with Crippen molar-refractivity contribution in [3.05, 3.63) is 52.3 Å². The van der Waals surface area contributed by atoms with Gasteiger partial charge in [-0.05, 0) is 79.8 Å². The number of nitrogens with one attached hydrogen (secondary N) is 2. The van der Waals surface area contributed by atoms with Crippen molar-refractivity contribution in [2.24, 2.45) is 0 Å². The minimum absolute atomic E-state index is 0. The molecule has 0 amide bonds. The van der Waals surface area contributed by atoms with Crippen LogP contribution < -0.4 is 9.64 Å². The van der Waals surface area contributed by atoms with E-state index < -0.39 is 0 Å². The second-order valence-corrected chi connectivity index (χ2v) is 10.1. The summed E-state index contributed by atoms with van der Waals surface area (Å²) in [6.45, 7) is 10.1. The van der Waals surface area contributed by atoms with Crippen molar-refractivity contribution in [3.63, 3.8) is 0 Å². The first-order valence-electron chi connectivity index (χ1n) is 12.7. The lowest BCUT2D eigenvalue weighted by Crippen LogP contribution is -2.50. The van der Waals surface area contributed by atoms with Crippen LogP contribution >= 0.6 is 24.6 Å². The van der Waals surface area contributed by atoms with Gasteiger partial charge < -0.3 is 19.6 Å². The third-order valence-corrected chi connectivity index (χ3v) is 7.77. The molecule has 1 aromatic heterocycles. The van der Waals surface area contributed by atoms with Crippen LogP contribution in [0.5, 0.6) is 5.75 Å². The Labute approximate surface area is 220 Å². The predicted octanol–water partition coefficient (Wildman–Crippen LogP) is 5.05. The van der Waals surface area contributed by atoms with Crippen molar-refractivity contribution in [2.45, 2.75) is 38.6 Å². The molecule has 1 atom stereocenters. The SMILES string of the molecule is CCCN(CCN1CCN(c2ccccc2OC)CC1)C1CCc2cc3[nH]c(=S)[nH]c3cc2C1.Cl. The highest BCUT2D eigenvalue weighted by atomic mass is 35.5. The van der Waals surface area contributed by atoms with E-state index >= 15 is 0 Å². The number of aryl methyl sites for hydroxylation is 1. The van der Waals surface area contributed by atoms with Crippen LogP contribution in [0.15, 0.2) is 36.4 Å². The summed E-state index contributed by atoms with van der Waals surface area (Å²) in [5, 5.41) is 0. The Kier molecular flexibility index (Phi) is 8.76. The van der Waals surface area contributed by atoms with Gasteiger partial charge in [0.1, 0.15) is 5.75 Å². The van der Waals surface area contributed by atoms with Gasteiger partial charge in [0.15, 0.2) is 4.77 Å². The number of fused-ring (bicyclic) bond motifs is 2. The van der Waals surface area contributed by atoms with Gasteiger partial charge in [0, 0.05) is 45.3 Å². The molecule has 2 N–H and O–H groups in total. The van der Waals surface area contributed by atoms with Gasteiger partial charge in [-0.2, -0.15) is 0 Å². The number of methoxy groups -OCH3 is 1. The molecule has 0 spiro atoms. The number of para-hydroxylation sites is 2. The lowest BCUT2D eigenvalue weighted by molar-refractivity contribution is 0.145. The summed E-state index contributed by atoms with van der Waals surface area (Å²) < 4.78 is 6.29. The van der Waals surface area contributed by atoms with Crippen LogP contribution in [0.25, 0.3) is 11.0 Å². The third-order valence-electron chi connectivity index (χ3n) is 7.57. The summed E-state index contributed by atoms with van der Waals surface area (Å²) in [5.41, 5.74) is 6.47. The molecule has 5 rings (SSSR count). The van der Waals surface area contributed by atoms with E-state index in [0.717, 1.165) is 68.9 Å². The summed E-state index contributed by atoms with van der Waals surface area (Å²) in [4.78, 5) is 14.4. The van der Waals surface area contributed by atoms with E-state index in [-0.39, 0.29) is 12.4 Å². The topological polar surface area (TPSA) is 50.5 Å². The maximum atomic E-state index is 5.58. The number of hydrogen-bond donors (Lipinski definition) is 2. The van der Waals surface area contributed by atoms with Gasteiger partial charge in [-0.1, -0.05) is 19.1 Å². The van der Waals surface area contributed by atoms with E-state index in [2.05, 4.69) is 61.9 Å². The van der Waals surface area contributed by atoms with E-state index in [9.17, 15) is 0 Å². The molecule has 0 radical (unpaired) electrons. The fourth-order valence-corrected chi connectivity index (χ4v) is 5.94. The molecule has 1 fully saturated rings. The first kappa shape index (κ1) is 26.0. The van der Waals surface area contributed by atoms with Crippen LogP contribution in [0.4, 0.5) is 5.69 Å². The van der Waals surface area contributed by atoms with Crippen molar-refractivity contribution in [1.29, 1.82) is 0 Å². The average molecular weight is 516 g/mol. The first-order valence-corrected chi connectivity index (χ1v) is 13.1. The summed E-state index contributed by atoms with van der Waals surface area (Å²) in [6.07, 6.45) is 4.73. The molecular weight excluding hydrogens is 478 g/mol. The lowest BCUT2D eigenvalue weighted by Gasteiger charge is -2.39. The van der Waals surface area contributed by atoms with Crippen LogP contribution in [-0.4, -0.2) is 78.7 Å². The number of benzene rings is 2. The van der Waals surface area contributed by atoms with Crippen LogP contribution in [0.2, 0.25) is 0 Å². The molecule has 0 bridgehead atoms. The number of imidazole rings is 1. The van der Waals surface area contributed by atoms with Crippen molar-refractivity contribution in [2.75, 3.05) is 57.8 Å². The number of H-pyrrole nitrogens is 2. The fraction of sp³-hybridized carbons (Fsp3) is 0.519. The molecule has 2 aliphatic rings. The molecule has 1 aliphatic carbocycles. The van der Waals surface area contributed by atoms with Gasteiger partial charge in [0.2, 0.25) is 0 Å². The summed E-state index contributed by atoms with van der Waals surface area (Å²) in [7, 11) is 1.76. The first-order chi connectivity index (χ1) is 16.6. The van der Waals surface area contributed by atoms with Gasteiger partial charge >= 0.3 is 0 Å². The normalized spacial score (nSPS) is 18.5. The van der Waals surface area contributed by atoms with Crippen molar-refractivity contribution in [3.8, 4) is 5.75 Å². The van der Waals surface area contributed by atoms with Crippen molar-refractivity contribution >= 4 is 41.3 Å². The lowest BCUT2D eigenvalue weighted by atomic mass is 9.87. The Balaban J connectivity index is 0.00000289. The highest BCUT2D eigenvalue weighted by molar-refractivity contribution is 7.71. The van der Waals surface area contributed by atoms with Crippen LogP contribution in [0.3, 0.4) is 0 Å². The van der Waals surface area contributed by atoms with E-state index in [4.69, 9.17) is 17.0 Å². The average Bonchev–Trinajstić information content (AvgIpc) is 3.23. The monoisotopic (exact) mass is 515 g/mol. The number of ether oxygens (including phenoxy) is 1. The second kappa shape index (κ2) is 11.8. The van der Waals surface area contributed by atoms with E-state index in [1.165, 1.54) is 36.2 Å². The van der Waals surface area contributed by atoms with E-state index in [0.29, 0.717) is 10.8 Å². The molecular formula is C27H38ClN5OS. The highest BCUT2D eigenvalue weighted by Gasteiger charge is 2.26. The molecule has 35 heavy (non-hydrogen) atoms. The largest absolute Gasteiger partial charge is 0.495 e. The number of rotatable bonds is 8. The smallest absolute Gasteiger partial charge is 0.175 e. The summed E-state index contributed by atoms with van der Waals surface area (Å²) in [6, 6.07) is 13.6. The molecule has 1 unspecified atom stereocenters. The molecule has 8 heteroatoms. The molecule has 1 saturated heterocycles. The number of anilines is 1. The van der Waals surface area contributed by atoms with Gasteiger partial charge in [-0.25, -0.2) is 0 Å². The Bertz CT molecular complexity index is 1170. The van der Waals surface area contributed by atoms with Crippen LogP contribution in [0.1, 0.15) is 30.9 Å². The second-order valence-electron chi connectivity index (χ2n) is 9.68. The Morgan fingerprint density at radius 2 is 1.74 bits per heavy atom. The summed E-state index contributed by atoms with van der Waals surface area (Å²) in [5.74, 6) is 0.973. The third kappa shape index (κ3) is 5.85. The zero-order valence-electron chi connectivity index (χ0n) is 20.9. The zero-order valence-corrected chi connectivity index (χ0v) is 22.5. The fourth-order valence-electron chi connectivity index (χ4n) is 5.72. The Morgan fingerprint density at radius 3 is 2.46 bits per heavy atom.